The van der Waals surface area contributed by atoms with Crippen molar-refractivity contribution in [3.8, 4) is 0 Å². The summed E-state index contributed by atoms with van der Waals surface area (Å²) >= 11 is 0. The average Bonchev–Trinajstić information content (AvgIpc) is 2.25. The van der Waals surface area contributed by atoms with Crippen molar-refractivity contribution in [2.75, 3.05) is 5.75 Å². The van der Waals surface area contributed by atoms with Crippen molar-refractivity contribution >= 4 is 9.84 Å². The summed E-state index contributed by atoms with van der Waals surface area (Å²) in [7, 11) is -3.04. The minimum atomic E-state index is -3.04. The van der Waals surface area contributed by atoms with Crippen molar-refractivity contribution in [2.45, 2.75) is 76.5 Å². The van der Waals surface area contributed by atoms with Gasteiger partial charge in [0, 0.05) is 5.54 Å². The van der Waals surface area contributed by atoms with Crippen LogP contribution in [0.5, 0.6) is 0 Å². The summed E-state index contributed by atoms with van der Waals surface area (Å²) < 4.78 is 23.6. The zero-order chi connectivity index (χ0) is 14.0. The fraction of sp³-hybridized carbons (Fsp3) is 1.00. The van der Waals surface area contributed by atoms with E-state index in [4.69, 9.17) is 5.73 Å². The maximum atomic E-state index is 12.1. The summed E-state index contributed by atoms with van der Waals surface area (Å²) in [5.74, 6) is 0.907. The zero-order valence-electron chi connectivity index (χ0n) is 12.3. The van der Waals surface area contributed by atoms with E-state index in [9.17, 15) is 8.42 Å². The lowest BCUT2D eigenvalue weighted by Crippen LogP contribution is -2.46. The lowest BCUT2D eigenvalue weighted by molar-refractivity contribution is 0.214. The molecule has 4 heteroatoms. The second kappa shape index (κ2) is 5.49. The molecule has 0 aromatic heterocycles. The van der Waals surface area contributed by atoms with Gasteiger partial charge in [0.1, 0.15) is 0 Å². The number of nitrogens with two attached hydrogens (primary N) is 1. The summed E-state index contributed by atoms with van der Waals surface area (Å²) in [6, 6.07) is 0. The van der Waals surface area contributed by atoms with Crippen LogP contribution in [0.25, 0.3) is 0 Å². The molecule has 1 aliphatic rings. The standard InChI is InChI=1S/C14H29NO2S/c1-5-12-7-6-8-14(15,11-12)9-10-18(16,17)13(2,3)4/h12H,5-11,15H2,1-4H3. The maximum Gasteiger partial charge on any atom is 0.155 e. The lowest BCUT2D eigenvalue weighted by atomic mass is 9.74. The molecule has 0 radical (unpaired) electrons. The molecule has 1 rings (SSSR count). The van der Waals surface area contributed by atoms with Gasteiger partial charge in [0.25, 0.3) is 0 Å². The van der Waals surface area contributed by atoms with E-state index in [1.54, 1.807) is 20.8 Å². The van der Waals surface area contributed by atoms with Crippen LogP contribution >= 0.6 is 0 Å². The summed E-state index contributed by atoms with van der Waals surface area (Å²) in [4.78, 5) is 0. The lowest BCUT2D eigenvalue weighted by Gasteiger charge is -2.38. The first-order valence-corrected chi connectivity index (χ1v) is 8.76. The van der Waals surface area contributed by atoms with Crippen LogP contribution in [0.2, 0.25) is 0 Å². The molecule has 1 saturated carbocycles. The van der Waals surface area contributed by atoms with Crippen molar-refractivity contribution in [3.05, 3.63) is 0 Å². The first kappa shape index (κ1) is 16.0. The van der Waals surface area contributed by atoms with Crippen LogP contribution in [0.15, 0.2) is 0 Å². The van der Waals surface area contributed by atoms with Gasteiger partial charge in [0.2, 0.25) is 0 Å². The number of hydrogen-bond acceptors (Lipinski definition) is 3. The second-order valence-corrected chi connectivity index (χ2v) is 9.78. The van der Waals surface area contributed by atoms with Crippen LogP contribution in [0, 0.1) is 5.92 Å². The van der Waals surface area contributed by atoms with Crippen LogP contribution in [0.3, 0.4) is 0 Å². The highest BCUT2D eigenvalue weighted by Crippen LogP contribution is 2.35. The van der Waals surface area contributed by atoms with Gasteiger partial charge in [-0.15, -0.1) is 0 Å². The molecule has 0 heterocycles. The summed E-state index contributed by atoms with van der Waals surface area (Å²) in [6.07, 6.45) is 6.13. The van der Waals surface area contributed by atoms with Crippen LogP contribution < -0.4 is 5.73 Å². The molecule has 1 fully saturated rings. The van der Waals surface area contributed by atoms with Crippen LogP contribution in [0.1, 0.15) is 66.2 Å². The van der Waals surface area contributed by atoms with Gasteiger partial charge in [0.05, 0.1) is 10.5 Å². The van der Waals surface area contributed by atoms with E-state index < -0.39 is 14.6 Å². The topological polar surface area (TPSA) is 60.2 Å². The minimum Gasteiger partial charge on any atom is -0.325 e. The largest absolute Gasteiger partial charge is 0.325 e. The van der Waals surface area contributed by atoms with E-state index in [-0.39, 0.29) is 11.3 Å². The van der Waals surface area contributed by atoms with Crippen LogP contribution in [-0.2, 0) is 9.84 Å². The fourth-order valence-corrected chi connectivity index (χ4v) is 4.03. The van der Waals surface area contributed by atoms with Gasteiger partial charge < -0.3 is 5.73 Å². The first-order valence-electron chi connectivity index (χ1n) is 7.11. The molecule has 2 N–H and O–H groups in total. The van der Waals surface area contributed by atoms with Crippen molar-refractivity contribution in [3.63, 3.8) is 0 Å². The Bertz CT molecular complexity index is 370. The van der Waals surface area contributed by atoms with Crippen molar-refractivity contribution in [1.82, 2.24) is 0 Å². The molecule has 0 aromatic carbocycles. The average molecular weight is 275 g/mol. The molecule has 18 heavy (non-hydrogen) atoms. The number of sulfone groups is 1. The van der Waals surface area contributed by atoms with Crippen LogP contribution in [-0.4, -0.2) is 24.5 Å². The van der Waals surface area contributed by atoms with Gasteiger partial charge in [-0.1, -0.05) is 26.2 Å². The molecule has 0 saturated heterocycles. The molecule has 0 bridgehead atoms. The van der Waals surface area contributed by atoms with Gasteiger partial charge in [-0.25, -0.2) is 8.42 Å². The van der Waals surface area contributed by atoms with Gasteiger partial charge in [-0.3, -0.25) is 0 Å². The highest BCUT2D eigenvalue weighted by molar-refractivity contribution is 7.92. The summed E-state index contributed by atoms with van der Waals surface area (Å²) in [5.41, 5.74) is 6.16. The molecule has 108 valence electrons. The van der Waals surface area contributed by atoms with Crippen LogP contribution in [0.4, 0.5) is 0 Å². The molecule has 3 nitrogen and oxygen atoms in total. The Morgan fingerprint density at radius 3 is 2.44 bits per heavy atom. The quantitative estimate of drug-likeness (QED) is 0.858. The SMILES string of the molecule is CCC1CCCC(N)(CCS(=O)(=O)C(C)(C)C)C1. The zero-order valence-corrected chi connectivity index (χ0v) is 13.1. The van der Waals surface area contributed by atoms with Crippen molar-refractivity contribution < 1.29 is 8.42 Å². The molecule has 1 aliphatic carbocycles. The van der Waals surface area contributed by atoms with E-state index in [0.29, 0.717) is 12.3 Å². The fourth-order valence-electron chi connectivity index (χ4n) is 2.74. The Morgan fingerprint density at radius 2 is 1.94 bits per heavy atom. The molecule has 0 aromatic rings. The van der Waals surface area contributed by atoms with Crippen molar-refractivity contribution in [2.24, 2.45) is 11.7 Å². The molecular weight excluding hydrogens is 246 g/mol. The Morgan fingerprint density at radius 1 is 1.33 bits per heavy atom. The van der Waals surface area contributed by atoms with E-state index in [1.807, 2.05) is 0 Å². The van der Waals surface area contributed by atoms with Gasteiger partial charge in [0.15, 0.2) is 9.84 Å². The van der Waals surface area contributed by atoms with E-state index in [0.717, 1.165) is 25.7 Å². The van der Waals surface area contributed by atoms with E-state index >= 15 is 0 Å². The van der Waals surface area contributed by atoms with Gasteiger partial charge in [-0.2, -0.15) is 0 Å². The first-order chi connectivity index (χ1) is 8.10. The van der Waals surface area contributed by atoms with E-state index in [1.165, 1.54) is 6.42 Å². The smallest absolute Gasteiger partial charge is 0.155 e. The predicted octanol–water partition coefficient (Wildman–Crippen LogP) is 2.89. The number of rotatable bonds is 4. The third-order valence-corrected chi connectivity index (χ3v) is 6.97. The third-order valence-electron chi connectivity index (χ3n) is 4.36. The molecule has 0 spiro atoms. The Kier molecular flexibility index (Phi) is 4.87. The number of hydrogen-bond donors (Lipinski definition) is 1. The Hall–Kier alpha value is -0.0900. The summed E-state index contributed by atoms with van der Waals surface area (Å²) in [5, 5.41) is 0. The predicted molar refractivity (Wildman–Crippen MR) is 77.3 cm³/mol. The highest BCUT2D eigenvalue weighted by atomic mass is 32.2. The highest BCUT2D eigenvalue weighted by Gasteiger charge is 2.36. The Balaban J connectivity index is 2.62. The summed E-state index contributed by atoms with van der Waals surface area (Å²) in [6.45, 7) is 7.49. The molecule has 0 amide bonds. The normalized spacial score (nSPS) is 30.4. The van der Waals surface area contributed by atoms with E-state index in [2.05, 4.69) is 6.92 Å². The monoisotopic (exact) mass is 275 g/mol. The Labute approximate surface area is 112 Å². The molecule has 2 atom stereocenters. The maximum absolute atomic E-state index is 12.1. The molecular formula is C14H29NO2S. The second-order valence-electron chi connectivity index (χ2n) is 6.91. The van der Waals surface area contributed by atoms with Gasteiger partial charge >= 0.3 is 0 Å². The molecule has 0 aliphatic heterocycles. The molecule has 2 unspecified atom stereocenters. The van der Waals surface area contributed by atoms with Crippen molar-refractivity contribution in [1.29, 1.82) is 0 Å². The van der Waals surface area contributed by atoms with Gasteiger partial charge in [-0.05, 0) is 46.0 Å². The minimum absolute atomic E-state index is 0.226. The third kappa shape index (κ3) is 3.95.